The number of benzene rings is 1. The summed E-state index contributed by atoms with van der Waals surface area (Å²) in [7, 11) is 0. The Labute approximate surface area is 106 Å². The normalized spacial score (nSPS) is 10.1. The lowest BCUT2D eigenvalue weighted by molar-refractivity contribution is -0.143. The third kappa shape index (κ3) is 4.16. The molecule has 0 radical (unpaired) electrons. The van der Waals surface area contributed by atoms with Crippen molar-refractivity contribution in [3.63, 3.8) is 0 Å². The molecule has 0 heterocycles. The fraction of sp³-hybridized carbons (Fsp3) is 0.462. The lowest BCUT2D eigenvalue weighted by Crippen LogP contribution is -2.06. The molecule has 5 heteroatoms. The largest absolute Gasteiger partial charge is 0.504 e. The summed E-state index contributed by atoms with van der Waals surface area (Å²) >= 11 is 0. The number of carbonyl (C=O) groups is 1. The number of hydrogen-bond donors (Lipinski definition) is 2. The van der Waals surface area contributed by atoms with Crippen molar-refractivity contribution in [1.29, 1.82) is 0 Å². The molecule has 0 atom stereocenters. The van der Waals surface area contributed by atoms with Crippen LogP contribution in [0.4, 0.5) is 0 Å². The summed E-state index contributed by atoms with van der Waals surface area (Å²) in [6.07, 6.45) is 0.715. The molecule has 5 nitrogen and oxygen atoms in total. The van der Waals surface area contributed by atoms with Crippen molar-refractivity contribution in [2.75, 3.05) is 13.2 Å². The van der Waals surface area contributed by atoms with Gasteiger partial charge < -0.3 is 19.7 Å². The van der Waals surface area contributed by atoms with Crippen molar-refractivity contribution in [2.45, 2.75) is 26.7 Å². The van der Waals surface area contributed by atoms with Gasteiger partial charge in [0.1, 0.15) is 0 Å². The number of rotatable bonds is 6. The molecule has 0 aliphatic carbocycles. The minimum Gasteiger partial charge on any atom is -0.504 e. The summed E-state index contributed by atoms with van der Waals surface area (Å²) in [5.41, 5.74) is 0.740. The summed E-state index contributed by atoms with van der Waals surface area (Å²) in [5, 5.41) is 19.2. The molecular formula is C13H18O5. The first-order chi connectivity index (χ1) is 8.54. The van der Waals surface area contributed by atoms with Crippen LogP contribution in [0.25, 0.3) is 0 Å². The number of phenolic OH excluding ortho intramolecular Hbond substituents is 2. The van der Waals surface area contributed by atoms with Crippen molar-refractivity contribution < 1.29 is 24.5 Å². The number of phenols is 2. The number of aromatic hydroxyl groups is 2. The van der Waals surface area contributed by atoms with E-state index < -0.39 is 0 Å². The monoisotopic (exact) mass is 254 g/mol. The van der Waals surface area contributed by atoms with Crippen LogP contribution in [0, 0.1) is 6.92 Å². The van der Waals surface area contributed by atoms with Crippen LogP contribution in [0.5, 0.6) is 17.2 Å². The molecule has 0 saturated heterocycles. The first-order valence-electron chi connectivity index (χ1n) is 5.85. The van der Waals surface area contributed by atoms with E-state index in [4.69, 9.17) is 9.47 Å². The summed E-state index contributed by atoms with van der Waals surface area (Å²) in [4.78, 5) is 11.1. The quantitative estimate of drug-likeness (QED) is 0.600. The second kappa shape index (κ2) is 6.74. The molecule has 0 saturated carbocycles. The number of hydrogen-bond acceptors (Lipinski definition) is 5. The molecule has 0 fully saturated rings. The molecule has 0 bridgehead atoms. The predicted octanol–water partition coefficient (Wildman–Crippen LogP) is 2.13. The number of esters is 1. The van der Waals surface area contributed by atoms with Crippen LogP contribution >= 0.6 is 0 Å². The Kier molecular flexibility index (Phi) is 5.30. The molecule has 2 N–H and O–H groups in total. The summed E-state index contributed by atoms with van der Waals surface area (Å²) in [6.45, 7) is 4.09. The highest BCUT2D eigenvalue weighted by Gasteiger charge is 2.10. The molecule has 18 heavy (non-hydrogen) atoms. The van der Waals surface area contributed by atoms with E-state index in [2.05, 4.69) is 0 Å². The van der Waals surface area contributed by atoms with E-state index in [1.807, 2.05) is 0 Å². The Hall–Kier alpha value is -1.91. The van der Waals surface area contributed by atoms with Crippen molar-refractivity contribution in [2.24, 2.45) is 0 Å². The molecule has 0 aliphatic heterocycles. The maximum absolute atomic E-state index is 11.1. The summed E-state index contributed by atoms with van der Waals surface area (Å²) < 4.78 is 10.0. The zero-order chi connectivity index (χ0) is 13.5. The van der Waals surface area contributed by atoms with Crippen LogP contribution in [0.15, 0.2) is 12.1 Å². The van der Waals surface area contributed by atoms with Gasteiger partial charge >= 0.3 is 5.97 Å². The standard InChI is InChI=1S/C13H18O5/c1-3-17-12(16)5-4-6-18-13-10(14)7-9(2)8-11(13)15/h7-8,14-15H,3-6H2,1-2H3. The second-order valence-corrected chi connectivity index (χ2v) is 3.89. The van der Waals surface area contributed by atoms with Crippen molar-refractivity contribution in [1.82, 2.24) is 0 Å². The zero-order valence-corrected chi connectivity index (χ0v) is 10.6. The first kappa shape index (κ1) is 14.2. The SMILES string of the molecule is CCOC(=O)CCCOc1c(O)cc(C)cc1O. The van der Waals surface area contributed by atoms with Crippen LogP contribution in [0.2, 0.25) is 0 Å². The van der Waals surface area contributed by atoms with E-state index in [9.17, 15) is 15.0 Å². The minimum atomic E-state index is -0.279. The average Bonchev–Trinajstić information content (AvgIpc) is 2.27. The number of ether oxygens (including phenoxy) is 2. The van der Waals surface area contributed by atoms with Gasteiger partial charge in [-0.1, -0.05) is 0 Å². The minimum absolute atomic E-state index is 0.0458. The van der Waals surface area contributed by atoms with E-state index in [1.54, 1.807) is 13.8 Å². The van der Waals surface area contributed by atoms with Gasteiger partial charge in [-0.25, -0.2) is 0 Å². The van der Waals surface area contributed by atoms with Gasteiger partial charge in [-0.3, -0.25) is 4.79 Å². The van der Waals surface area contributed by atoms with Crippen LogP contribution in [-0.2, 0) is 9.53 Å². The van der Waals surface area contributed by atoms with Crippen molar-refractivity contribution in [3.05, 3.63) is 17.7 Å². The number of carbonyl (C=O) groups excluding carboxylic acids is 1. The average molecular weight is 254 g/mol. The predicted molar refractivity (Wildman–Crippen MR) is 65.9 cm³/mol. The molecule has 100 valence electrons. The van der Waals surface area contributed by atoms with Crippen LogP contribution < -0.4 is 4.74 Å². The van der Waals surface area contributed by atoms with E-state index in [1.165, 1.54) is 12.1 Å². The fourth-order valence-electron chi connectivity index (χ4n) is 1.51. The molecule has 0 aliphatic rings. The Bertz CT molecular complexity index is 391. The van der Waals surface area contributed by atoms with Crippen molar-refractivity contribution >= 4 is 5.97 Å². The van der Waals surface area contributed by atoms with Gasteiger partial charge in [0.2, 0.25) is 5.75 Å². The highest BCUT2D eigenvalue weighted by molar-refractivity contribution is 5.69. The lowest BCUT2D eigenvalue weighted by Gasteiger charge is -2.10. The molecule has 0 amide bonds. The van der Waals surface area contributed by atoms with Gasteiger partial charge in [0.15, 0.2) is 11.5 Å². The van der Waals surface area contributed by atoms with Gasteiger partial charge in [0.25, 0.3) is 0 Å². The van der Waals surface area contributed by atoms with Crippen LogP contribution in [0.3, 0.4) is 0 Å². The molecule has 1 aromatic carbocycles. The topological polar surface area (TPSA) is 76.0 Å². The Morgan fingerprint density at radius 3 is 2.44 bits per heavy atom. The zero-order valence-electron chi connectivity index (χ0n) is 10.6. The van der Waals surface area contributed by atoms with Crippen LogP contribution in [0.1, 0.15) is 25.3 Å². The van der Waals surface area contributed by atoms with E-state index in [0.717, 1.165) is 5.56 Å². The Morgan fingerprint density at radius 1 is 1.28 bits per heavy atom. The molecule has 1 aromatic rings. The number of aryl methyl sites for hydroxylation is 1. The third-order valence-corrected chi connectivity index (χ3v) is 2.27. The third-order valence-electron chi connectivity index (χ3n) is 2.27. The second-order valence-electron chi connectivity index (χ2n) is 3.89. The van der Waals surface area contributed by atoms with E-state index in [-0.39, 0.29) is 36.2 Å². The molecular weight excluding hydrogens is 236 g/mol. The van der Waals surface area contributed by atoms with Crippen LogP contribution in [-0.4, -0.2) is 29.4 Å². The molecule has 0 spiro atoms. The van der Waals surface area contributed by atoms with E-state index in [0.29, 0.717) is 13.0 Å². The smallest absolute Gasteiger partial charge is 0.305 e. The maximum atomic E-state index is 11.1. The first-order valence-corrected chi connectivity index (χ1v) is 5.85. The maximum Gasteiger partial charge on any atom is 0.305 e. The summed E-state index contributed by atoms with van der Waals surface area (Å²) in [6, 6.07) is 3.00. The highest BCUT2D eigenvalue weighted by Crippen LogP contribution is 2.36. The van der Waals surface area contributed by atoms with Gasteiger partial charge in [-0.05, 0) is 38.0 Å². The van der Waals surface area contributed by atoms with Gasteiger partial charge in [0.05, 0.1) is 13.2 Å². The molecule has 0 unspecified atom stereocenters. The Morgan fingerprint density at radius 2 is 1.89 bits per heavy atom. The Balaban J connectivity index is 2.42. The molecule has 0 aromatic heterocycles. The van der Waals surface area contributed by atoms with Gasteiger partial charge in [-0.15, -0.1) is 0 Å². The van der Waals surface area contributed by atoms with Gasteiger partial charge in [0, 0.05) is 6.42 Å². The highest BCUT2D eigenvalue weighted by atomic mass is 16.5. The van der Waals surface area contributed by atoms with Gasteiger partial charge in [-0.2, -0.15) is 0 Å². The van der Waals surface area contributed by atoms with E-state index >= 15 is 0 Å². The summed E-state index contributed by atoms with van der Waals surface area (Å²) in [5.74, 6) is -0.449. The molecule has 1 rings (SSSR count). The lowest BCUT2D eigenvalue weighted by atomic mass is 10.2. The van der Waals surface area contributed by atoms with Crippen molar-refractivity contribution in [3.8, 4) is 17.2 Å². The fourth-order valence-corrected chi connectivity index (χ4v) is 1.51.